The van der Waals surface area contributed by atoms with Crippen molar-refractivity contribution in [3.05, 3.63) is 82.9 Å². The molecule has 0 atom stereocenters. The Hall–Kier alpha value is -3.28. The Morgan fingerprint density at radius 3 is 1.79 bits per heavy atom. The van der Waals surface area contributed by atoms with E-state index in [-0.39, 0.29) is 22.6 Å². The fraction of sp³-hybridized carbons (Fsp3) is 0.0909. The minimum atomic E-state index is -1.06. The van der Waals surface area contributed by atoms with Crippen molar-refractivity contribution in [3.8, 4) is 22.6 Å². The average molecular weight is 388 g/mol. The number of halogens is 4. The second-order valence-corrected chi connectivity index (χ2v) is 5.88. The second-order valence-electron chi connectivity index (χ2n) is 5.88. The van der Waals surface area contributed by atoms with Crippen molar-refractivity contribution in [3.63, 3.8) is 0 Å². The molecule has 0 aliphatic rings. The first kappa shape index (κ1) is 19.5. The van der Waals surface area contributed by atoms with Gasteiger partial charge in [-0.1, -0.05) is 36.4 Å². The topological polar surface area (TPSA) is 18.5 Å². The fourth-order valence-electron chi connectivity index (χ4n) is 2.71. The van der Waals surface area contributed by atoms with E-state index in [4.69, 9.17) is 9.47 Å². The van der Waals surface area contributed by atoms with Gasteiger partial charge in [0.25, 0.3) is 0 Å². The van der Waals surface area contributed by atoms with Gasteiger partial charge in [0, 0.05) is 11.1 Å². The number of benzene rings is 3. The molecule has 0 heterocycles. The zero-order valence-electron chi connectivity index (χ0n) is 15.1. The maximum absolute atomic E-state index is 14.2. The lowest BCUT2D eigenvalue weighted by atomic mass is 10.0. The third-order valence-corrected chi connectivity index (χ3v) is 4.24. The Morgan fingerprint density at radius 1 is 0.607 bits per heavy atom. The zero-order chi connectivity index (χ0) is 20.3. The Bertz CT molecular complexity index is 1030. The molecule has 0 saturated carbocycles. The van der Waals surface area contributed by atoms with E-state index in [9.17, 15) is 17.6 Å². The first-order valence-electron chi connectivity index (χ1n) is 8.28. The van der Waals surface area contributed by atoms with E-state index in [0.717, 1.165) is 0 Å². The summed E-state index contributed by atoms with van der Waals surface area (Å²) in [6.07, 6.45) is 3.00. The smallest absolute Gasteiger partial charge is 0.201 e. The van der Waals surface area contributed by atoms with Crippen molar-refractivity contribution >= 4 is 12.2 Å². The molecule has 2 nitrogen and oxygen atoms in total. The van der Waals surface area contributed by atoms with E-state index in [1.165, 1.54) is 44.6 Å². The number of hydrogen-bond donors (Lipinski definition) is 0. The van der Waals surface area contributed by atoms with Crippen molar-refractivity contribution in [2.24, 2.45) is 0 Å². The van der Waals surface area contributed by atoms with Gasteiger partial charge in [0.1, 0.15) is 0 Å². The molecule has 0 bridgehead atoms. The molecule has 3 aromatic carbocycles. The summed E-state index contributed by atoms with van der Waals surface area (Å²) in [6, 6.07) is 12.0. The minimum Gasteiger partial charge on any atom is -0.494 e. The number of hydrogen-bond acceptors (Lipinski definition) is 2. The third-order valence-electron chi connectivity index (χ3n) is 4.24. The number of rotatable bonds is 5. The molecule has 0 N–H and O–H groups in total. The summed E-state index contributed by atoms with van der Waals surface area (Å²) in [6.45, 7) is 0. The Labute approximate surface area is 159 Å². The Balaban J connectivity index is 1.85. The van der Waals surface area contributed by atoms with Crippen molar-refractivity contribution < 1.29 is 27.0 Å². The minimum absolute atomic E-state index is 0.0608. The standard InChI is InChI=1S/C22H16F4O2/c1-27-17-11-9-15(19(23)21(17)25)8-5-13-3-6-14(7-4-13)16-10-12-18(28-2)22(26)20(16)24/h3-12H,1-2H3/b8-5+. The number of methoxy groups -OCH3 is 2. The summed E-state index contributed by atoms with van der Waals surface area (Å²) < 4.78 is 65.3. The SMILES string of the molecule is COc1ccc(/C=C/c2ccc(-c3ccc(OC)c(F)c3F)cc2)c(F)c1F. The highest BCUT2D eigenvalue weighted by molar-refractivity contribution is 5.73. The third kappa shape index (κ3) is 3.71. The van der Waals surface area contributed by atoms with Crippen LogP contribution in [0.15, 0.2) is 48.5 Å². The van der Waals surface area contributed by atoms with Crippen LogP contribution in [0.1, 0.15) is 11.1 Å². The van der Waals surface area contributed by atoms with E-state index >= 15 is 0 Å². The van der Waals surface area contributed by atoms with Gasteiger partial charge in [0.2, 0.25) is 11.6 Å². The Kier molecular flexibility index (Phi) is 5.68. The molecule has 0 amide bonds. The van der Waals surface area contributed by atoms with Crippen LogP contribution in [-0.4, -0.2) is 14.2 Å². The van der Waals surface area contributed by atoms with E-state index in [0.29, 0.717) is 11.1 Å². The van der Waals surface area contributed by atoms with Gasteiger partial charge in [-0.3, -0.25) is 0 Å². The van der Waals surface area contributed by atoms with Crippen molar-refractivity contribution in [2.75, 3.05) is 14.2 Å². The summed E-state index contributed by atoms with van der Waals surface area (Å²) >= 11 is 0. The zero-order valence-corrected chi connectivity index (χ0v) is 15.1. The van der Waals surface area contributed by atoms with Crippen molar-refractivity contribution in [2.45, 2.75) is 0 Å². The predicted octanol–water partition coefficient (Wildman–Crippen LogP) is 6.10. The maximum Gasteiger partial charge on any atom is 0.201 e. The molecule has 0 fully saturated rings. The van der Waals surface area contributed by atoms with E-state index in [1.807, 2.05) is 0 Å². The van der Waals surface area contributed by atoms with Crippen LogP contribution in [0.2, 0.25) is 0 Å². The molecule has 0 aliphatic carbocycles. The summed E-state index contributed by atoms with van der Waals surface area (Å²) in [7, 11) is 2.52. The second kappa shape index (κ2) is 8.17. The first-order valence-corrected chi connectivity index (χ1v) is 8.28. The van der Waals surface area contributed by atoms with Gasteiger partial charge in [-0.05, 0) is 35.4 Å². The normalized spacial score (nSPS) is 11.1. The van der Waals surface area contributed by atoms with Crippen LogP contribution in [-0.2, 0) is 0 Å². The molecule has 0 aromatic heterocycles. The van der Waals surface area contributed by atoms with Gasteiger partial charge in [0.15, 0.2) is 23.1 Å². The molecule has 0 saturated heterocycles. The van der Waals surface area contributed by atoms with E-state index < -0.39 is 23.3 Å². The lowest BCUT2D eigenvalue weighted by molar-refractivity contribution is 0.371. The van der Waals surface area contributed by atoms with E-state index in [2.05, 4.69) is 0 Å². The molecular weight excluding hydrogens is 372 g/mol. The first-order chi connectivity index (χ1) is 13.5. The molecule has 0 spiro atoms. The molecule has 3 aromatic rings. The monoisotopic (exact) mass is 388 g/mol. The van der Waals surface area contributed by atoms with Crippen LogP contribution < -0.4 is 9.47 Å². The highest BCUT2D eigenvalue weighted by Crippen LogP contribution is 2.30. The lowest BCUT2D eigenvalue weighted by Gasteiger charge is -2.08. The van der Waals surface area contributed by atoms with Crippen LogP contribution in [0, 0.1) is 23.3 Å². The molecule has 0 unspecified atom stereocenters. The van der Waals surface area contributed by atoms with Gasteiger partial charge in [-0.25, -0.2) is 8.78 Å². The van der Waals surface area contributed by atoms with Crippen LogP contribution in [0.3, 0.4) is 0 Å². The molecule has 3 rings (SSSR count). The van der Waals surface area contributed by atoms with Crippen LogP contribution in [0.5, 0.6) is 11.5 Å². The van der Waals surface area contributed by atoms with Gasteiger partial charge in [-0.15, -0.1) is 0 Å². The molecule has 6 heteroatoms. The fourth-order valence-corrected chi connectivity index (χ4v) is 2.71. The molecule has 0 aliphatic heterocycles. The van der Waals surface area contributed by atoms with Gasteiger partial charge in [-0.2, -0.15) is 8.78 Å². The van der Waals surface area contributed by atoms with E-state index in [1.54, 1.807) is 30.3 Å². The molecule has 144 valence electrons. The highest BCUT2D eigenvalue weighted by Gasteiger charge is 2.15. The summed E-state index contributed by atoms with van der Waals surface area (Å²) in [5.74, 6) is -4.47. The van der Waals surface area contributed by atoms with Gasteiger partial charge < -0.3 is 9.47 Å². The summed E-state index contributed by atoms with van der Waals surface area (Å²) in [5, 5.41) is 0. The highest BCUT2D eigenvalue weighted by atomic mass is 19.2. The molecular formula is C22H16F4O2. The number of ether oxygens (including phenoxy) is 2. The largest absolute Gasteiger partial charge is 0.494 e. The molecule has 28 heavy (non-hydrogen) atoms. The van der Waals surface area contributed by atoms with Gasteiger partial charge in [0.05, 0.1) is 14.2 Å². The van der Waals surface area contributed by atoms with Crippen LogP contribution >= 0.6 is 0 Å². The Morgan fingerprint density at radius 2 is 1.18 bits per heavy atom. The van der Waals surface area contributed by atoms with Crippen molar-refractivity contribution in [1.29, 1.82) is 0 Å². The van der Waals surface area contributed by atoms with Crippen LogP contribution in [0.4, 0.5) is 17.6 Å². The average Bonchev–Trinajstić information content (AvgIpc) is 2.72. The maximum atomic E-state index is 14.2. The quantitative estimate of drug-likeness (QED) is 0.389. The summed E-state index contributed by atoms with van der Waals surface area (Å²) in [4.78, 5) is 0. The predicted molar refractivity (Wildman–Crippen MR) is 100 cm³/mol. The lowest BCUT2D eigenvalue weighted by Crippen LogP contribution is -1.95. The van der Waals surface area contributed by atoms with Crippen LogP contribution in [0.25, 0.3) is 23.3 Å². The van der Waals surface area contributed by atoms with Gasteiger partial charge >= 0.3 is 0 Å². The van der Waals surface area contributed by atoms with Crippen molar-refractivity contribution in [1.82, 2.24) is 0 Å². The molecule has 0 radical (unpaired) electrons. The summed E-state index contributed by atoms with van der Waals surface area (Å²) in [5.41, 5.74) is 1.30.